The van der Waals surface area contributed by atoms with Gasteiger partial charge < -0.3 is 25.0 Å². The largest absolute Gasteiger partial charge is 0.493 e. The molecular weight excluding hydrogens is 543 g/mol. The van der Waals surface area contributed by atoms with Gasteiger partial charge in [-0.3, -0.25) is 4.79 Å². The highest BCUT2D eigenvalue weighted by molar-refractivity contribution is 5.81. The first-order chi connectivity index (χ1) is 18.8. The van der Waals surface area contributed by atoms with E-state index in [9.17, 15) is 31.5 Å². The number of carbonyl (C=O) groups excluding carboxylic acids is 2. The van der Waals surface area contributed by atoms with Crippen LogP contribution in [-0.4, -0.2) is 63.9 Å². The zero-order valence-electron chi connectivity index (χ0n) is 21.8. The van der Waals surface area contributed by atoms with Crippen molar-refractivity contribution in [3.63, 3.8) is 0 Å². The Labute approximate surface area is 226 Å². The average Bonchev–Trinajstić information content (AvgIpc) is 3.79. The van der Waals surface area contributed by atoms with Crippen LogP contribution in [0, 0.1) is 5.92 Å². The molecule has 2 aromatic rings. The van der Waals surface area contributed by atoms with Gasteiger partial charge in [0.1, 0.15) is 11.9 Å². The molecule has 3 saturated carbocycles. The highest BCUT2D eigenvalue weighted by atomic mass is 19.4. The second kappa shape index (κ2) is 10.9. The number of hydroxylamine groups is 2. The number of fused-ring (bicyclic) bond motifs is 1. The average molecular weight is 575 g/mol. The molecule has 3 aliphatic rings. The number of aromatic amines is 1. The summed E-state index contributed by atoms with van der Waals surface area (Å²) in [6, 6.07) is 2.83. The van der Waals surface area contributed by atoms with Crippen molar-refractivity contribution in [1.82, 2.24) is 15.0 Å². The van der Waals surface area contributed by atoms with Gasteiger partial charge in [0.2, 0.25) is 5.92 Å². The Morgan fingerprint density at radius 1 is 1.18 bits per heavy atom. The van der Waals surface area contributed by atoms with Gasteiger partial charge in [0.05, 0.1) is 42.0 Å². The molecule has 3 N–H and O–H groups in total. The smallest absolute Gasteiger partial charge is 0.376 e. The highest BCUT2D eigenvalue weighted by Gasteiger charge is 2.48. The Morgan fingerprint density at radius 3 is 2.45 bits per heavy atom. The van der Waals surface area contributed by atoms with E-state index in [-0.39, 0.29) is 24.9 Å². The van der Waals surface area contributed by atoms with Crippen LogP contribution in [0.5, 0.6) is 0 Å². The quantitative estimate of drug-likeness (QED) is 0.297. The van der Waals surface area contributed by atoms with Crippen molar-refractivity contribution in [1.29, 1.82) is 0 Å². The minimum atomic E-state index is -5.39. The Kier molecular flexibility index (Phi) is 7.79. The van der Waals surface area contributed by atoms with Crippen LogP contribution in [0.4, 0.5) is 22.0 Å². The van der Waals surface area contributed by atoms with Crippen LogP contribution in [0.2, 0.25) is 0 Å². The van der Waals surface area contributed by atoms with Gasteiger partial charge in [-0.2, -0.15) is 18.2 Å². The van der Waals surface area contributed by atoms with E-state index in [0.717, 1.165) is 25.7 Å². The minimum Gasteiger partial charge on any atom is -0.376 e. The van der Waals surface area contributed by atoms with E-state index in [2.05, 4.69) is 14.8 Å². The molecule has 14 heteroatoms. The fourth-order valence-electron chi connectivity index (χ4n) is 4.68. The Balaban J connectivity index is 1.42. The number of amides is 1. The molecule has 220 valence electrons. The molecule has 0 unspecified atom stereocenters. The maximum Gasteiger partial charge on any atom is 0.493 e. The Morgan fingerprint density at radius 2 is 1.85 bits per heavy atom. The summed E-state index contributed by atoms with van der Waals surface area (Å²) in [5.74, 6) is -6.87. The third-order valence-electron chi connectivity index (χ3n) is 7.26. The molecule has 0 aliphatic heterocycles. The maximum absolute atomic E-state index is 13.4. The fraction of sp³-hybridized carbons (Fsp3) is 0.654. The minimum absolute atomic E-state index is 0.142. The molecule has 1 aromatic carbocycles. The van der Waals surface area contributed by atoms with E-state index in [4.69, 9.17) is 15.2 Å². The third-order valence-corrected chi connectivity index (χ3v) is 7.26. The van der Waals surface area contributed by atoms with Gasteiger partial charge in [0, 0.05) is 19.3 Å². The van der Waals surface area contributed by atoms with Crippen LogP contribution in [0.15, 0.2) is 18.2 Å². The van der Waals surface area contributed by atoms with Gasteiger partial charge in [-0.1, -0.05) is 6.07 Å². The predicted molar refractivity (Wildman–Crippen MR) is 130 cm³/mol. The summed E-state index contributed by atoms with van der Waals surface area (Å²) in [6.07, 6.45) is -3.90. The summed E-state index contributed by atoms with van der Waals surface area (Å²) in [7, 11) is 0. The van der Waals surface area contributed by atoms with E-state index < -0.39 is 61.2 Å². The molecule has 0 spiro atoms. The van der Waals surface area contributed by atoms with Crippen LogP contribution in [0.3, 0.4) is 0 Å². The number of hydrogen-bond donors (Lipinski definition) is 2. The zero-order valence-corrected chi connectivity index (χ0v) is 21.8. The topological polar surface area (TPSA) is 120 Å². The van der Waals surface area contributed by atoms with Crippen molar-refractivity contribution in [2.75, 3.05) is 6.61 Å². The second-order valence-corrected chi connectivity index (χ2v) is 10.9. The van der Waals surface area contributed by atoms with Crippen LogP contribution in [-0.2, 0) is 23.9 Å². The lowest BCUT2D eigenvalue weighted by molar-refractivity contribution is -0.248. The lowest BCUT2D eigenvalue weighted by Crippen LogP contribution is -2.45. The summed E-state index contributed by atoms with van der Waals surface area (Å²) in [5.41, 5.74) is 7.60. The van der Waals surface area contributed by atoms with Crippen molar-refractivity contribution in [3.8, 4) is 0 Å². The number of halogens is 5. The molecule has 0 saturated heterocycles. The molecule has 5 rings (SSSR count). The third kappa shape index (κ3) is 6.89. The maximum atomic E-state index is 13.4. The van der Waals surface area contributed by atoms with Crippen LogP contribution in [0.25, 0.3) is 11.0 Å². The van der Waals surface area contributed by atoms with Crippen molar-refractivity contribution in [2.45, 2.75) is 94.4 Å². The Hall–Kier alpha value is -2.84. The summed E-state index contributed by atoms with van der Waals surface area (Å²) < 4.78 is 77.8. The summed E-state index contributed by atoms with van der Waals surface area (Å²) in [5, 5.41) is 0.324. The van der Waals surface area contributed by atoms with Crippen molar-refractivity contribution >= 4 is 22.9 Å². The number of H-pyrrole nitrogens is 1. The fourth-order valence-corrected chi connectivity index (χ4v) is 4.68. The van der Waals surface area contributed by atoms with Crippen LogP contribution in [0.1, 0.15) is 75.3 Å². The molecule has 0 radical (unpaired) electrons. The van der Waals surface area contributed by atoms with E-state index in [1.807, 2.05) is 6.92 Å². The first-order valence-corrected chi connectivity index (χ1v) is 13.3. The van der Waals surface area contributed by atoms with E-state index in [1.54, 1.807) is 12.1 Å². The number of rotatable bonds is 11. The molecule has 1 amide bonds. The number of nitrogens with one attached hydrogen (secondary N) is 1. The number of aromatic nitrogens is 2. The zero-order chi connectivity index (χ0) is 28.8. The van der Waals surface area contributed by atoms with E-state index in [0.29, 0.717) is 27.5 Å². The predicted octanol–water partition coefficient (Wildman–Crippen LogP) is 4.63. The van der Waals surface area contributed by atoms with Gasteiger partial charge in [-0.05, 0) is 56.2 Å². The summed E-state index contributed by atoms with van der Waals surface area (Å²) >= 11 is 0. The monoisotopic (exact) mass is 574 g/mol. The van der Waals surface area contributed by atoms with Crippen molar-refractivity contribution in [3.05, 3.63) is 29.6 Å². The number of nitrogens with zero attached hydrogens (tertiary/aromatic N) is 2. The van der Waals surface area contributed by atoms with Gasteiger partial charge in [-0.15, -0.1) is 0 Å². The van der Waals surface area contributed by atoms with E-state index in [1.165, 1.54) is 6.07 Å². The number of imidazole rings is 1. The molecule has 3 fully saturated rings. The standard InChI is InChI=1S/C26H31F5N4O5/c1-13(39-17-5-6-17)22(32)23-33-18-7-2-15(9-19(18)34-23)20(12-38-16-3-4-16)35(40-24(37)26(29,30)31)21(36)8-14-10-25(27,28)11-14/h2,7,9,13-14,16-17,20,22H,3-6,8,10-12,32H2,1H3,(H,33,34)/t13-,20-,22+/m1/s1. The number of nitrogens with two attached hydrogens (primary N) is 1. The van der Waals surface area contributed by atoms with Gasteiger partial charge in [-0.25, -0.2) is 18.6 Å². The number of ether oxygens (including phenoxy) is 2. The molecule has 0 bridgehead atoms. The molecule has 9 nitrogen and oxygen atoms in total. The molecule has 1 heterocycles. The van der Waals surface area contributed by atoms with Gasteiger partial charge in [0.15, 0.2) is 0 Å². The Bertz CT molecular complexity index is 1240. The molecule has 40 heavy (non-hydrogen) atoms. The first-order valence-electron chi connectivity index (χ1n) is 13.3. The van der Waals surface area contributed by atoms with Crippen molar-refractivity contribution in [2.24, 2.45) is 11.7 Å². The van der Waals surface area contributed by atoms with Gasteiger partial charge >= 0.3 is 12.1 Å². The normalized spacial score (nSPS) is 21.5. The SMILES string of the molecule is C[C@@H](OC1CC1)[C@H](N)c1nc2ccc([C@@H](COC3CC3)N(OC(=O)C(F)(F)F)C(=O)CC3CC(F)(F)C3)cc2[nH]1. The molecular formula is C26H31F5N4O5. The first kappa shape index (κ1) is 28.7. The number of carbonyl (C=O) groups is 2. The second-order valence-electron chi connectivity index (χ2n) is 10.9. The number of benzene rings is 1. The number of hydrogen-bond acceptors (Lipinski definition) is 7. The van der Waals surface area contributed by atoms with Crippen molar-refractivity contribution < 1.29 is 45.9 Å². The summed E-state index contributed by atoms with van der Waals surface area (Å²) in [6.45, 7) is 1.56. The highest BCUT2D eigenvalue weighted by Crippen LogP contribution is 2.44. The van der Waals surface area contributed by atoms with Crippen LogP contribution < -0.4 is 5.73 Å². The lowest BCUT2D eigenvalue weighted by Gasteiger charge is -2.36. The summed E-state index contributed by atoms with van der Waals surface area (Å²) in [4.78, 5) is 37.2. The van der Waals surface area contributed by atoms with Crippen LogP contribution >= 0.6 is 0 Å². The molecule has 1 aromatic heterocycles. The molecule has 3 aliphatic carbocycles. The molecule has 3 atom stereocenters. The van der Waals surface area contributed by atoms with Gasteiger partial charge in [0.25, 0.3) is 5.91 Å². The number of alkyl halides is 5. The lowest BCUT2D eigenvalue weighted by atomic mass is 9.79. The van der Waals surface area contributed by atoms with E-state index >= 15 is 0 Å².